The van der Waals surface area contributed by atoms with Gasteiger partial charge in [0.15, 0.2) is 16.2 Å². The molecule has 3 rings (SSSR count). The standard InChI is InChI=1S/C24H19BrN2O4/c1-16(28)18-10-12-19(13-11-18)26-23(29)20(9-5-8-17-6-3-2-4-7-17)27-24(30)21-14-15-22(25)31-21/h2-15H,1H3,(H,26,29)(H,27,30). The fourth-order valence-electron chi connectivity index (χ4n) is 2.60. The highest BCUT2D eigenvalue weighted by molar-refractivity contribution is 9.10. The number of benzene rings is 2. The maximum atomic E-state index is 12.8. The Balaban J connectivity index is 1.80. The van der Waals surface area contributed by atoms with Crippen molar-refractivity contribution in [2.45, 2.75) is 6.92 Å². The summed E-state index contributed by atoms with van der Waals surface area (Å²) >= 11 is 3.15. The molecule has 31 heavy (non-hydrogen) atoms. The number of ketones is 1. The molecule has 0 saturated carbocycles. The first-order valence-electron chi connectivity index (χ1n) is 9.35. The maximum absolute atomic E-state index is 12.8. The lowest BCUT2D eigenvalue weighted by Gasteiger charge is -2.10. The minimum absolute atomic E-state index is 0.0281. The number of rotatable bonds is 7. The Morgan fingerprint density at radius 2 is 1.65 bits per heavy atom. The van der Waals surface area contributed by atoms with Crippen LogP contribution in [0.3, 0.4) is 0 Å². The number of hydrogen-bond acceptors (Lipinski definition) is 4. The summed E-state index contributed by atoms with van der Waals surface area (Å²) in [6, 6.07) is 19.1. The quantitative estimate of drug-likeness (QED) is 0.277. The van der Waals surface area contributed by atoms with Gasteiger partial charge in [0.1, 0.15) is 5.70 Å². The Labute approximate surface area is 187 Å². The van der Waals surface area contributed by atoms with Gasteiger partial charge >= 0.3 is 0 Å². The minimum atomic E-state index is -0.563. The Bertz CT molecular complexity index is 1150. The van der Waals surface area contributed by atoms with Gasteiger partial charge in [0.25, 0.3) is 11.8 Å². The van der Waals surface area contributed by atoms with E-state index in [2.05, 4.69) is 26.6 Å². The summed E-state index contributed by atoms with van der Waals surface area (Å²) in [5, 5.41) is 5.28. The molecule has 6 nitrogen and oxygen atoms in total. The number of nitrogens with one attached hydrogen (secondary N) is 2. The molecule has 156 valence electrons. The Morgan fingerprint density at radius 1 is 0.935 bits per heavy atom. The normalized spacial score (nSPS) is 11.4. The summed E-state index contributed by atoms with van der Waals surface area (Å²) in [7, 11) is 0. The predicted molar refractivity (Wildman–Crippen MR) is 123 cm³/mol. The third-order valence-corrected chi connectivity index (χ3v) is 4.62. The number of anilines is 1. The molecule has 2 aromatic carbocycles. The highest BCUT2D eigenvalue weighted by atomic mass is 79.9. The molecule has 1 heterocycles. The smallest absolute Gasteiger partial charge is 0.291 e. The molecule has 0 bridgehead atoms. The molecule has 3 aromatic rings. The van der Waals surface area contributed by atoms with Gasteiger partial charge in [0, 0.05) is 11.3 Å². The van der Waals surface area contributed by atoms with Crippen molar-refractivity contribution in [3.63, 3.8) is 0 Å². The highest BCUT2D eigenvalue weighted by Crippen LogP contribution is 2.15. The van der Waals surface area contributed by atoms with Gasteiger partial charge in [-0.05, 0) is 70.9 Å². The average Bonchev–Trinajstić information content (AvgIpc) is 3.20. The number of hydrogen-bond donors (Lipinski definition) is 2. The number of Topliss-reactive ketones (excluding diaryl/α,β-unsaturated/α-hetero) is 1. The lowest BCUT2D eigenvalue weighted by atomic mass is 10.1. The molecule has 0 atom stereocenters. The number of carbonyl (C=O) groups is 3. The second-order valence-corrected chi connectivity index (χ2v) is 7.28. The molecular weight excluding hydrogens is 460 g/mol. The zero-order chi connectivity index (χ0) is 22.2. The zero-order valence-corrected chi connectivity index (χ0v) is 18.2. The van der Waals surface area contributed by atoms with Crippen LogP contribution in [0.2, 0.25) is 0 Å². The van der Waals surface area contributed by atoms with E-state index in [1.54, 1.807) is 36.4 Å². The van der Waals surface area contributed by atoms with Gasteiger partial charge < -0.3 is 15.1 Å². The monoisotopic (exact) mass is 478 g/mol. The van der Waals surface area contributed by atoms with E-state index < -0.39 is 11.8 Å². The number of carbonyl (C=O) groups excluding carboxylic acids is 3. The van der Waals surface area contributed by atoms with Gasteiger partial charge in [0.05, 0.1) is 0 Å². The molecule has 0 aliphatic heterocycles. The van der Waals surface area contributed by atoms with E-state index >= 15 is 0 Å². The third-order valence-electron chi connectivity index (χ3n) is 4.19. The van der Waals surface area contributed by atoms with Crippen LogP contribution < -0.4 is 10.6 Å². The second-order valence-electron chi connectivity index (χ2n) is 6.50. The van der Waals surface area contributed by atoms with Crippen LogP contribution in [0.15, 0.2) is 93.7 Å². The van der Waals surface area contributed by atoms with Crippen molar-refractivity contribution in [2.24, 2.45) is 0 Å². The zero-order valence-electron chi connectivity index (χ0n) is 16.6. The summed E-state index contributed by atoms with van der Waals surface area (Å²) in [5.74, 6) is -1.09. The number of allylic oxidation sites excluding steroid dienone is 2. The summed E-state index contributed by atoms with van der Waals surface area (Å²) in [5.41, 5.74) is 2.00. The fourth-order valence-corrected chi connectivity index (χ4v) is 2.91. The van der Waals surface area contributed by atoms with E-state index in [9.17, 15) is 14.4 Å². The van der Waals surface area contributed by atoms with Crippen molar-refractivity contribution < 1.29 is 18.8 Å². The van der Waals surface area contributed by atoms with Crippen molar-refractivity contribution in [1.29, 1.82) is 0 Å². The van der Waals surface area contributed by atoms with Crippen LogP contribution in [0.5, 0.6) is 0 Å². The molecule has 0 fully saturated rings. The summed E-state index contributed by atoms with van der Waals surface area (Å²) < 4.78 is 5.65. The van der Waals surface area contributed by atoms with E-state index in [4.69, 9.17) is 4.42 Å². The Morgan fingerprint density at radius 3 is 2.26 bits per heavy atom. The lowest BCUT2D eigenvalue weighted by Crippen LogP contribution is -2.30. The summed E-state index contributed by atoms with van der Waals surface area (Å²) in [6.07, 6.45) is 4.98. The number of furan rings is 1. The average molecular weight is 479 g/mol. The molecule has 0 aliphatic carbocycles. The molecule has 7 heteroatoms. The van der Waals surface area contributed by atoms with Crippen LogP contribution in [0.1, 0.15) is 33.4 Å². The Hall–Kier alpha value is -3.71. The molecule has 0 saturated heterocycles. The van der Waals surface area contributed by atoms with Gasteiger partial charge in [-0.1, -0.05) is 42.5 Å². The summed E-state index contributed by atoms with van der Waals surface area (Å²) in [4.78, 5) is 36.7. The van der Waals surface area contributed by atoms with Crippen LogP contribution in [0, 0.1) is 0 Å². The molecule has 0 radical (unpaired) electrons. The van der Waals surface area contributed by atoms with Crippen molar-refractivity contribution >= 4 is 45.3 Å². The van der Waals surface area contributed by atoms with Crippen molar-refractivity contribution in [3.05, 3.63) is 106 Å². The number of amides is 2. The van der Waals surface area contributed by atoms with Crippen LogP contribution in [0.25, 0.3) is 6.08 Å². The topological polar surface area (TPSA) is 88.4 Å². The van der Waals surface area contributed by atoms with E-state index in [-0.39, 0.29) is 17.2 Å². The summed E-state index contributed by atoms with van der Waals surface area (Å²) in [6.45, 7) is 1.47. The van der Waals surface area contributed by atoms with Gasteiger partial charge in [-0.3, -0.25) is 14.4 Å². The fraction of sp³-hybridized carbons (Fsp3) is 0.0417. The van der Waals surface area contributed by atoms with Gasteiger partial charge in [-0.25, -0.2) is 0 Å². The molecule has 2 N–H and O–H groups in total. The minimum Gasteiger partial charge on any atom is -0.444 e. The largest absolute Gasteiger partial charge is 0.444 e. The molecule has 1 aromatic heterocycles. The van der Waals surface area contributed by atoms with E-state index in [0.717, 1.165) is 5.56 Å². The van der Waals surface area contributed by atoms with Gasteiger partial charge in [0.2, 0.25) is 0 Å². The first-order chi connectivity index (χ1) is 14.9. The molecule has 0 spiro atoms. The Kier molecular flexibility index (Phi) is 7.35. The van der Waals surface area contributed by atoms with Gasteiger partial charge in [-0.2, -0.15) is 0 Å². The maximum Gasteiger partial charge on any atom is 0.291 e. The van der Waals surface area contributed by atoms with E-state index in [1.807, 2.05) is 36.4 Å². The SMILES string of the molecule is CC(=O)c1ccc(NC(=O)C(=CC=Cc2ccccc2)NC(=O)c2ccc(Br)o2)cc1. The van der Waals surface area contributed by atoms with Crippen LogP contribution in [-0.4, -0.2) is 17.6 Å². The number of halogens is 1. The first-order valence-corrected chi connectivity index (χ1v) is 10.1. The van der Waals surface area contributed by atoms with Crippen LogP contribution >= 0.6 is 15.9 Å². The second kappa shape index (κ2) is 10.4. The van der Waals surface area contributed by atoms with E-state index in [0.29, 0.717) is 15.9 Å². The van der Waals surface area contributed by atoms with Crippen molar-refractivity contribution in [3.8, 4) is 0 Å². The highest BCUT2D eigenvalue weighted by Gasteiger charge is 2.17. The lowest BCUT2D eigenvalue weighted by molar-refractivity contribution is -0.113. The molecule has 0 aliphatic rings. The van der Waals surface area contributed by atoms with Gasteiger partial charge in [-0.15, -0.1) is 0 Å². The molecule has 0 unspecified atom stereocenters. The van der Waals surface area contributed by atoms with E-state index in [1.165, 1.54) is 19.1 Å². The third kappa shape index (κ3) is 6.38. The van der Waals surface area contributed by atoms with Crippen LogP contribution in [-0.2, 0) is 4.79 Å². The first kappa shape index (κ1) is 22.0. The van der Waals surface area contributed by atoms with Crippen molar-refractivity contribution in [1.82, 2.24) is 5.32 Å². The molecule has 2 amide bonds. The van der Waals surface area contributed by atoms with Crippen molar-refractivity contribution in [2.75, 3.05) is 5.32 Å². The predicted octanol–water partition coefficient (Wildman–Crippen LogP) is 5.21. The molecular formula is C24H19BrN2O4. The van der Waals surface area contributed by atoms with Crippen LogP contribution in [0.4, 0.5) is 5.69 Å².